The molecule has 0 aromatic heterocycles. The summed E-state index contributed by atoms with van der Waals surface area (Å²) in [6.07, 6.45) is 4.75. The Balaban J connectivity index is 1.42. The molecule has 1 unspecified atom stereocenters. The number of fused-ring (bicyclic) bond motifs is 2. The summed E-state index contributed by atoms with van der Waals surface area (Å²) in [7, 11) is 1.64. The Labute approximate surface area is 193 Å². The van der Waals surface area contributed by atoms with Gasteiger partial charge in [0.15, 0.2) is 23.0 Å². The minimum absolute atomic E-state index is 0.247. The van der Waals surface area contributed by atoms with Crippen LogP contribution in [0.1, 0.15) is 33.9 Å². The molecule has 3 aromatic rings. The molecule has 0 bridgehead atoms. The molecule has 2 aliphatic heterocycles. The van der Waals surface area contributed by atoms with Crippen LogP contribution in [0.25, 0.3) is 6.08 Å². The van der Waals surface area contributed by atoms with E-state index in [1.165, 1.54) is 5.06 Å². The van der Waals surface area contributed by atoms with Gasteiger partial charge in [0.1, 0.15) is 6.61 Å². The van der Waals surface area contributed by atoms with Gasteiger partial charge in [-0.25, -0.2) is 0 Å². The molecule has 1 atom stereocenters. The van der Waals surface area contributed by atoms with Crippen LogP contribution in [-0.4, -0.2) is 30.7 Å². The smallest absolute Gasteiger partial charge is 0.231 e. The highest BCUT2D eigenvalue weighted by Crippen LogP contribution is 2.40. The molecule has 0 saturated carbocycles. The molecule has 2 aliphatic rings. The number of nitrogens with zero attached hydrogens (tertiary/aromatic N) is 1. The van der Waals surface area contributed by atoms with E-state index in [0.717, 1.165) is 45.7 Å². The lowest BCUT2D eigenvalue weighted by Crippen LogP contribution is -2.31. The molecular weight excluding hydrogens is 418 g/mol. The van der Waals surface area contributed by atoms with Crippen LogP contribution in [0.2, 0.25) is 0 Å². The van der Waals surface area contributed by atoms with Gasteiger partial charge < -0.3 is 24.2 Å². The summed E-state index contributed by atoms with van der Waals surface area (Å²) in [6.45, 7) is 3.28. The van der Waals surface area contributed by atoms with Crippen LogP contribution < -0.4 is 18.9 Å². The van der Waals surface area contributed by atoms with E-state index in [-0.39, 0.29) is 12.8 Å². The molecule has 33 heavy (non-hydrogen) atoms. The van der Waals surface area contributed by atoms with Crippen molar-refractivity contribution in [1.29, 1.82) is 0 Å². The fourth-order valence-electron chi connectivity index (χ4n) is 4.29. The molecule has 0 radical (unpaired) electrons. The van der Waals surface area contributed by atoms with E-state index >= 15 is 0 Å². The Bertz CT molecular complexity index is 1170. The van der Waals surface area contributed by atoms with Gasteiger partial charge in [0.05, 0.1) is 13.2 Å². The first-order valence-electron chi connectivity index (χ1n) is 11.0. The quantitative estimate of drug-likeness (QED) is 0.555. The van der Waals surface area contributed by atoms with E-state index in [1.54, 1.807) is 7.11 Å². The van der Waals surface area contributed by atoms with Gasteiger partial charge in [-0.2, -0.15) is 5.06 Å². The van der Waals surface area contributed by atoms with Crippen LogP contribution in [-0.2, 0) is 13.0 Å². The predicted molar refractivity (Wildman–Crippen MR) is 125 cm³/mol. The lowest BCUT2D eigenvalue weighted by molar-refractivity contribution is -0.119. The summed E-state index contributed by atoms with van der Waals surface area (Å²) in [6, 6.07) is 17.7. The Morgan fingerprint density at radius 2 is 1.85 bits per heavy atom. The van der Waals surface area contributed by atoms with Crippen molar-refractivity contribution in [2.45, 2.75) is 26.0 Å². The van der Waals surface area contributed by atoms with Gasteiger partial charge in [-0.15, -0.1) is 0 Å². The van der Waals surface area contributed by atoms with Crippen LogP contribution in [0.4, 0.5) is 0 Å². The molecule has 0 spiro atoms. The third kappa shape index (κ3) is 4.40. The molecule has 5 rings (SSSR count). The fourth-order valence-corrected chi connectivity index (χ4v) is 4.29. The normalized spacial score (nSPS) is 17.2. The molecule has 0 amide bonds. The average molecular weight is 446 g/mol. The van der Waals surface area contributed by atoms with Crippen LogP contribution in [0.3, 0.4) is 0 Å². The molecule has 1 N–H and O–H groups in total. The number of benzene rings is 3. The van der Waals surface area contributed by atoms with Gasteiger partial charge in [0, 0.05) is 6.54 Å². The number of ether oxygens (including phenoxy) is 4. The largest absolute Gasteiger partial charge is 0.493 e. The minimum Gasteiger partial charge on any atom is -0.493 e. The maximum Gasteiger partial charge on any atom is 0.231 e. The molecule has 3 aromatic carbocycles. The van der Waals surface area contributed by atoms with Crippen LogP contribution >= 0.6 is 0 Å². The third-order valence-electron chi connectivity index (χ3n) is 6.13. The maximum atomic E-state index is 10.7. The molecule has 0 aliphatic carbocycles. The summed E-state index contributed by atoms with van der Waals surface area (Å²) in [5, 5.41) is 12.0. The Morgan fingerprint density at radius 3 is 2.64 bits per heavy atom. The van der Waals surface area contributed by atoms with Crippen molar-refractivity contribution in [3.8, 4) is 23.0 Å². The van der Waals surface area contributed by atoms with Crippen LogP contribution in [0.15, 0.2) is 60.7 Å². The second-order valence-electron chi connectivity index (χ2n) is 8.26. The highest BCUT2D eigenvalue weighted by molar-refractivity contribution is 5.62. The van der Waals surface area contributed by atoms with Gasteiger partial charge in [-0.3, -0.25) is 0 Å². The van der Waals surface area contributed by atoms with Crippen molar-refractivity contribution in [2.24, 2.45) is 0 Å². The van der Waals surface area contributed by atoms with Gasteiger partial charge >= 0.3 is 0 Å². The number of hydroxylamine groups is 2. The second kappa shape index (κ2) is 9.17. The number of rotatable bonds is 6. The first kappa shape index (κ1) is 21.4. The maximum absolute atomic E-state index is 10.7. The number of methoxy groups -OCH3 is 1. The first-order valence-corrected chi connectivity index (χ1v) is 11.0. The fraction of sp³-hybridized carbons (Fsp3) is 0.259. The van der Waals surface area contributed by atoms with E-state index in [2.05, 4.69) is 0 Å². The Kier molecular flexibility index (Phi) is 5.94. The highest BCUT2D eigenvalue weighted by Gasteiger charge is 2.27. The lowest BCUT2D eigenvalue weighted by atomic mass is 9.92. The summed E-state index contributed by atoms with van der Waals surface area (Å²) < 4.78 is 22.7. The standard InChI is InChI=1S/C27H27NO5/c1-18-12-25-27(33-17-32-25)13-20(18)8-9-23-22-15-24(30-2)26(14-21(22)10-11-28(23)29)31-16-19-6-4-3-5-7-19/h3-9,12-15,23,29H,10-11,16-17H2,1-2H3/b9-8+. The van der Waals surface area contributed by atoms with Crippen molar-refractivity contribution < 1.29 is 24.2 Å². The van der Waals surface area contributed by atoms with Crippen molar-refractivity contribution in [2.75, 3.05) is 20.4 Å². The average Bonchev–Trinajstić information content (AvgIpc) is 3.29. The molecule has 6 heteroatoms. The third-order valence-corrected chi connectivity index (χ3v) is 6.13. The van der Waals surface area contributed by atoms with Gasteiger partial charge in [-0.1, -0.05) is 42.5 Å². The highest BCUT2D eigenvalue weighted by atomic mass is 16.7. The zero-order valence-electron chi connectivity index (χ0n) is 18.8. The molecule has 0 fully saturated rings. The molecule has 6 nitrogen and oxygen atoms in total. The summed E-state index contributed by atoms with van der Waals surface area (Å²) >= 11 is 0. The summed E-state index contributed by atoms with van der Waals surface area (Å²) in [4.78, 5) is 0. The molecule has 170 valence electrons. The predicted octanol–water partition coefficient (Wildman–Crippen LogP) is 5.31. The van der Waals surface area contributed by atoms with E-state index in [1.807, 2.05) is 73.7 Å². The van der Waals surface area contributed by atoms with E-state index < -0.39 is 0 Å². The van der Waals surface area contributed by atoms with Gasteiger partial charge in [0.25, 0.3) is 0 Å². The second-order valence-corrected chi connectivity index (χ2v) is 8.26. The number of hydrogen-bond donors (Lipinski definition) is 1. The molecule has 0 saturated heterocycles. The van der Waals surface area contributed by atoms with Gasteiger partial charge in [-0.05, 0) is 65.4 Å². The number of hydrogen-bond acceptors (Lipinski definition) is 6. The monoisotopic (exact) mass is 445 g/mol. The lowest BCUT2D eigenvalue weighted by Gasteiger charge is -2.31. The van der Waals surface area contributed by atoms with E-state index in [9.17, 15) is 5.21 Å². The Hall–Kier alpha value is -3.48. The summed E-state index contributed by atoms with van der Waals surface area (Å²) in [5.41, 5.74) is 5.34. The van der Waals surface area contributed by atoms with Crippen molar-refractivity contribution in [3.05, 3.63) is 88.5 Å². The topological polar surface area (TPSA) is 60.4 Å². The SMILES string of the molecule is COc1cc2c(cc1OCc1ccccc1)CCN(O)C2/C=C/c1cc2c(cc1C)OCO2. The summed E-state index contributed by atoms with van der Waals surface area (Å²) in [5.74, 6) is 2.87. The van der Waals surface area contributed by atoms with E-state index in [4.69, 9.17) is 18.9 Å². The zero-order chi connectivity index (χ0) is 22.8. The Morgan fingerprint density at radius 1 is 1.06 bits per heavy atom. The van der Waals surface area contributed by atoms with E-state index in [0.29, 0.717) is 24.7 Å². The minimum atomic E-state index is -0.296. The number of aryl methyl sites for hydroxylation is 1. The first-order chi connectivity index (χ1) is 16.1. The van der Waals surface area contributed by atoms with Crippen molar-refractivity contribution >= 4 is 6.08 Å². The zero-order valence-corrected chi connectivity index (χ0v) is 18.8. The van der Waals surface area contributed by atoms with Crippen LogP contribution in [0, 0.1) is 6.92 Å². The van der Waals surface area contributed by atoms with Crippen molar-refractivity contribution in [3.63, 3.8) is 0 Å². The van der Waals surface area contributed by atoms with Gasteiger partial charge in [0.2, 0.25) is 6.79 Å². The van der Waals surface area contributed by atoms with Crippen molar-refractivity contribution in [1.82, 2.24) is 5.06 Å². The molecular formula is C27H27NO5. The van der Waals surface area contributed by atoms with Crippen LogP contribution in [0.5, 0.6) is 23.0 Å². The molecule has 2 heterocycles.